The van der Waals surface area contributed by atoms with E-state index in [1.54, 1.807) is 12.1 Å². The second-order valence-electron chi connectivity index (χ2n) is 5.34. The number of hydrogen-bond donors (Lipinski definition) is 3. The molecule has 20 heavy (non-hydrogen) atoms. The minimum atomic E-state index is -1.11. The molecule has 1 aliphatic rings. The number of nitrogens with two attached hydrogens (primary N) is 1. The first-order valence-electron chi connectivity index (χ1n) is 6.92. The number of rotatable bonds is 6. The summed E-state index contributed by atoms with van der Waals surface area (Å²) in [6, 6.07) is 7.28. The van der Waals surface area contributed by atoms with E-state index in [1.807, 2.05) is 12.1 Å². The monoisotopic (exact) mass is 279 g/mol. The maximum atomic E-state index is 11.3. The minimum Gasteiger partial charge on any atom is -0.493 e. The Balaban J connectivity index is 1.91. The molecule has 1 aliphatic carbocycles. The van der Waals surface area contributed by atoms with Crippen molar-refractivity contribution >= 4 is 5.97 Å². The van der Waals surface area contributed by atoms with E-state index in [0.717, 1.165) is 18.4 Å². The van der Waals surface area contributed by atoms with Crippen LogP contribution in [0, 0.1) is 5.92 Å². The van der Waals surface area contributed by atoms with Gasteiger partial charge in [-0.05, 0) is 31.2 Å². The van der Waals surface area contributed by atoms with Crippen molar-refractivity contribution in [2.45, 2.75) is 37.8 Å². The lowest BCUT2D eigenvalue weighted by atomic mass is 9.86. The van der Waals surface area contributed by atoms with Crippen molar-refractivity contribution in [2.75, 3.05) is 6.61 Å². The number of ether oxygens (including phenoxy) is 1. The fourth-order valence-electron chi connectivity index (χ4n) is 2.87. The first-order chi connectivity index (χ1) is 9.58. The van der Waals surface area contributed by atoms with Crippen LogP contribution in [0.4, 0.5) is 0 Å². The highest BCUT2D eigenvalue weighted by Crippen LogP contribution is 2.36. The smallest absolute Gasteiger partial charge is 0.323 e. The molecule has 0 saturated heterocycles. The van der Waals surface area contributed by atoms with Crippen molar-refractivity contribution in [2.24, 2.45) is 11.7 Å². The van der Waals surface area contributed by atoms with Crippen LogP contribution in [0.5, 0.6) is 5.75 Å². The number of carboxylic acids is 1. The molecule has 110 valence electrons. The van der Waals surface area contributed by atoms with Gasteiger partial charge < -0.3 is 20.7 Å². The van der Waals surface area contributed by atoms with E-state index in [-0.39, 0.29) is 12.5 Å². The lowest BCUT2D eigenvalue weighted by Gasteiger charge is -2.26. The molecule has 2 atom stereocenters. The summed E-state index contributed by atoms with van der Waals surface area (Å²) >= 11 is 0. The van der Waals surface area contributed by atoms with Gasteiger partial charge in [0.2, 0.25) is 0 Å². The maximum Gasteiger partial charge on any atom is 0.323 e. The number of carbonyl (C=O) groups is 1. The summed E-state index contributed by atoms with van der Waals surface area (Å²) in [7, 11) is 0. The van der Waals surface area contributed by atoms with E-state index >= 15 is 0 Å². The normalized spacial score (nSPS) is 25.6. The zero-order valence-electron chi connectivity index (χ0n) is 11.4. The van der Waals surface area contributed by atoms with Gasteiger partial charge in [0.1, 0.15) is 11.3 Å². The van der Waals surface area contributed by atoms with Gasteiger partial charge in [-0.1, -0.05) is 24.6 Å². The number of aliphatic carboxylic acids is 1. The van der Waals surface area contributed by atoms with Crippen LogP contribution in [0.2, 0.25) is 0 Å². The highest BCUT2D eigenvalue weighted by Gasteiger charge is 2.45. The Hall–Kier alpha value is -1.59. The maximum absolute atomic E-state index is 11.3. The van der Waals surface area contributed by atoms with E-state index in [2.05, 4.69) is 0 Å². The Morgan fingerprint density at radius 1 is 1.45 bits per heavy atom. The van der Waals surface area contributed by atoms with E-state index < -0.39 is 11.5 Å². The number of aliphatic hydroxyl groups excluding tert-OH is 1. The Morgan fingerprint density at radius 2 is 2.20 bits per heavy atom. The van der Waals surface area contributed by atoms with Crippen molar-refractivity contribution in [3.05, 3.63) is 29.8 Å². The minimum absolute atomic E-state index is 0.0544. The van der Waals surface area contributed by atoms with Crippen LogP contribution in [-0.2, 0) is 11.4 Å². The Bertz CT molecular complexity index is 477. The third-order valence-corrected chi connectivity index (χ3v) is 4.14. The van der Waals surface area contributed by atoms with Gasteiger partial charge >= 0.3 is 5.97 Å². The van der Waals surface area contributed by atoms with E-state index in [0.29, 0.717) is 25.2 Å². The molecular formula is C15H21NO4. The first-order valence-corrected chi connectivity index (χ1v) is 6.92. The largest absolute Gasteiger partial charge is 0.493 e. The van der Waals surface area contributed by atoms with E-state index in [1.165, 1.54) is 0 Å². The molecule has 5 heteroatoms. The van der Waals surface area contributed by atoms with Gasteiger partial charge in [-0.2, -0.15) is 0 Å². The third kappa shape index (κ3) is 2.94. The summed E-state index contributed by atoms with van der Waals surface area (Å²) < 4.78 is 5.65. The summed E-state index contributed by atoms with van der Waals surface area (Å²) in [5, 5.41) is 18.5. The molecular weight excluding hydrogens is 258 g/mol. The van der Waals surface area contributed by atoms with Gasteiger partial charge in [0.25, 0.3) is 0 Å². The predicted molar refractivity (Wildman–Crippen MR) is 74.4 cm³/mol. The van der Waals surface area contributed by atoms with Crippen molar-refractivity contribution in [3.63, 3.8) is 0 Å². The van der Waals surface area contributed by atoms with E-state index in [9.17, 15) is 15.0 Å². The number of benzene rings is 1. The van der Waals surface area contributed by atoms with Gasteiger partial charge in [-0.3, -0.25) is 4.79 Å². The molecule has 5 nitrogen and oxygen atoms in total. The Kier molecular flexibility index (Phi) is 4.62. The molecule has 0 aliphatic heterocycles. The summed E-state index contributed by atoms with van der Waals surface area (Å²) in [4.78, 5) is 11.3. The van der Waals surface area contributed by atoms with E-state index in [4.69, 9.17) is 10.5 Å². The molecule has 1 fully saturated rings. The average molecular weight is 279 g/mol. The Labute approximate surface area is 118 Å². The zero-order valence-corrected chi connectivity index (χ0v) is 11.4. The molecule has 0 spiro atoms. The first kappa shape index (κ1) is 14.8. The molecule has 4 N–H and O–H groups in total. The van der Waals surface area contributed by atoms with Crippen molar-refractivity contribution in [3.8, 4) is 5.75 Å². The van der Waals surface area contributed by atoms with Gasteiger partial charge in [0.15, 0.2) is 0 Å². The molecule has 2 unspecified atom stereocenters. The van der Waals surface area contributed by atoms with Crippen LogP contribution in [0.1, 0.15) is 31.2 Å². The fraction of sp³-hybridized carbons (Fsp3) is 0.533. The summed E-state index contributed by atoms with van der Waals surface area (Å²) in [6.45, 7) is 0.337. The standard InChI is InChI=1S/C15H21NO4/c16-15(14(18)19)8-3-5-12(15)7-9-20-13-6-2-1-4-11(13)10-17/h1-2,4,6,12,17H,3,5,7-10,16H2,(H,18,19). The fourth-order valence-corrected chi connectivity index (χ4v) is 2.87. The molecule has 0 bridgehead atoms. The van der Waals surface area contributed by atoms with Crippen molar-refractivity contribution in [1.29, 1.82) is 0 Å². The van der Waals surface area contributed by atoms with Crippen LogP contribution in [0.3, 0.4) is 0 Å². The van der Waals surface area contributed by atoms with Gasteiger partial charge in [0.05, 0.1) is 13.2 Å². The Morgan fingerprint density at radius 3 is 2.90 bits per heavy atom. The van der Waals surface area contributed by atoms with Crippen LogP contribution < -0.4 is 10.5 Å². The zero-order chi connectivity index (χ0) is 14.6. The van der Waals surface area contributed by atoms with Crippen LogP contribution in [0.25, 0.3) is 0 Å². The van der Waals surface area contributed by atoms with Gasteiger partial charge in [0, 0.05) is 5.56 Å². The highest BCUT2D eigenvalue weighted by molar-refractivity contribution is 5.79. The SMILES string of the molecule is NC1(C(=O)O)CCCC1CCOc1ccccc1CO. The topological polar surface area (TPSA) is 92.8 Å². The highest BCUT2D eigenvalue weighted by atomic mass is 16.5. The number of hydrogen-bond acceptors (Lipinski definition) is 4. The predicted octanol–water partition coefficient (Wildman–Crippen LogP) is 1.53. The molecule has 1 saturated carbocycles. The summed E-state index contributed by atoms with van der Waals surface area (Å²) in [5.41, 5.74) is 5.61. The lowest BCUT2D eigenvalue weighted by molar-refractivity contribution is -0.144. The summed E-state index contributed by atoms with van der Waals surface area (Å²) in [5.74, 6) is -0.331. The molecule has 0 heterocycles. The van der Waals surface area contributed by atoms with Gasteiger partial charge in [-0.15, -0.1) is 0 Å². The average Bonchev–Trinajstić information content (AvgIpc) is 2.82. The number of carboxylic acid groups (broad SMARTS) is 1. The molecule has 2 rings (SSSR count). The molecule has 1 aromatic rings. The third-order valence-electron chi connectivity index (χ3n) is 4.14. The number of aliphatic hydroxyl groups is 1. The number of para-hydroxylation sites is 1. The van der Waals surface area contributed by atoms with Crippen molar-refractivity contribution in [1.82, 2.24) is 0 Å². The van der Waals surface area contributed by atoms with Crippen LogP contribution in [-0.4, -0.2) is 28.3 Å². The van der Waals surface area contributed by atoms with Crippen molar-refractivity contribution < 1.29 is 19.7 Å². The van der Waals surface area contributed by atoms with Crippen LogP contribution >= 0.6 is 0 Å². The van der Waals surface area contributed by atoms with Gasteiger partial charge in [-0.25, -0.2) is 0 Å². The molecule has 0 radical (unpaired) electrons. The quantitative estimate of drug-likeness (QED) is 0.734. The summed E-state index contributed by atoms with van der Waals surface area (Å²) in [6.07, 6.45) is 2.82. The molecule has 0 amide bonds. The molecule has 0 aromatic heterocycles. The lowest BCUT2D eigenvalue weighted by Crippen LogP contribution is -2.51. The molecule has 1 aromatic carbocycles. The second-order valence-corrected chi connectivity index (χ2v) is 5.34. The van der Waals surface area contributed by atoms with Crippen LogP contribution in [0.15, 0.2) is 24.3 Å². The second kappa shape index (κ2) is 6.24.